The smallest absolute Gasteiger partial charge is 0.273 e. The van der Waals surface area contributed by atoms with E-state index in [9.17, 15) is 15.2 Å². The second-order valence-corrected chi connectivity index (χ2v) is 5.52. The Kier molecular flexibility index (Phi) is 4.72. The van der Waals surface area contributed by atoms with E-state index >= 15 is 0 Å². The molecular weight excluding hydrogens is 246 g/mol. The molecule has 0 radical (unpaired) electrons. The number of rotatable bonds is 6. The summed E-state index contributed by atoms with van der Waals surface area (Å²) in [5.74, 6) is 0.368. The molecule has 0 aliphatic carbocycles. The number of nitrogens with one attached hydrogen (secondary N) is 1. The molecule has 0 amide bonds. The summed E-state index contributed by atoms with van der Waals surface area (Å²) in [6.07, 6.45) is 0.643. The van der Waals surface area contributed by atoms with Crippen molar-refractivity contribution in [1.82, 2.24) is 0 Å². The zero-order valence-electron chi connectivity index (χ0n) is 11.5. The number of anilines is 2. The van der Waals surface area contributed by atoms with Crippen LogP contribution in [0.5, 0.6) is 0 Å². The van der Waals surface area contributed by atoms with Crippen LogP contribution in [0.1, 0.15) is 27.2 Å². The molecule has 1 aromatic rings. The Labute approximate surface area is 112 Å². The van der Waals surface area contributed by atoms with Gasteiger partial charge < -0.3 is 16.2 Å². The third-order valence-corrected chi connectivity index (χ3v) is 2.67. The molecule has 0 saturated heterocycles. The lowest BCUT2D eigenvalue weighted by molar-refractivity contribution is -0.384. The van der Waals surface area contributed by atoms with Gasteiger partial charge in [-0.1, -0.05) is 13.8 Å². The third-order valence-electron chi connectivity index (χ3n) is 2.67. The fourth-order valence-corrected chi connectivity index (χ4v) is 2.09. The molecule has 0 spiro atoms. The van der Waals surface area contributed by atoms with Crippen LogP contribution in [0, 0.1) is 16.0 Å². The molecule has 1 rings (SSSR count). The second-order valence-electron chi connectivity index (χ2n) is 5.52. The van der Waals surface area contributed by atoms with Crippen LogP contribution in [-0.2, 0) is 0 Å². The van der Waals surface area contributed by atoms with Gasteiger partial charge in [-0.05, 0) is 25.3 Å². The summed E-state index contributed by atoms with van der Waals surface area (Å²) in [5.41, 5.74) is 5.54. The number of nitro benzene ring substituents is 1. The van der Waals surface area contributed by atoms with Crippen LogP contribution in [-0.4, -0.2) is 22.2 Å². The molecule has 0 aromatic heterocycles. The average Bonchev–Trinajstić information content (AvgIpc) is 2.24. The van der Waals surface area contributed by atoms with Gasteiger partial charge >= 0.3 is 0 Å². The van der Waals surface area contributed by atoms with Crippen molar-refractivity contribution >= 4 is 17.1 Å². The normalized spacial score (nSPS) is 14.2. The summed E-state index contributed by atoms with van der Waals surface area (Å²) in [7, 11) is 0. The number of benzene rings is 1. The number of nitrogens with two attached hydrogens (primary N) is 1. The number of aliphatic hydroxyl groups is 1. The summed E-state index contributed by atoms with van der Waals surface area (Å²) in [6.45, 7) is 6.10. The maximum Gasteiger partial charge on any atom is 0.273 e. The average molecular weight is 267 g/mol. The number of nitrogen functional groups attached to an aromatic ring is 1. The van der Waals surface area contributed by atoms with Crippen LogP contribution in [0.3, 0.4) is 0 Å². The lowest BCUT2D eigenvalue weighted by Crippen LogP contribution is -2.34. The Morgan fingerprint density at radius 2 is 2.11 bits per heavy atom. The molecule has 6 heteroatoms. The summed E-state index contributed by atoms with van der Waals surface area (Å²) >= 11 is 0. The van der Waals surface area contributed by atoms with E-state index in [2.05, 4.69) is 5.32 Å². The second kappa shape index (κ2) is 5.88. The molecule has 106 valence electrons. The van der Waals surface area contributed by atoms with Crippen molar-refractivity contribution in [1.29, 1.82) is 0 Å². The van der Waals surface area contributed by atoms with Crippen molar-refractivity contribution in [3.63, 3.8) is 0 Å². The summed E-state index contributed by atoms with van der Waals surface area (Å²) in [5, 5.41) is 23.9. The first-order valence-electron chi connectivity index (χ1n) is 6.21. The van der Waals surface area contributed by atoms with Crippen LogP contribution in [0.4, 0.5) is 17.1 Å². The van der Waals surface area contributed by atoms with E-state index in [4.69, 9.17) is 5.73 Å². The monoisotopic (exact) mass is 267 g/mol. The molecule has 0 heterocycles. The highest BCUT2D eigenvalue weighted by Gasteiger charge is 2.21. The van der Waals surface area contributed by atoms with Gasteiger partial charge in [0.15, 0.2) is 0 Å². The molecule has 4 N–H and O–H groups in total. The van der Waals surface area contributed by atoms with Crippen LogP contribution >= 0.6 is 0 Å². The van der Waals surface area contributed by atoms with Crippen LogP contribution in [0.2, 0.25) is 0 Å². The number of non-ortho nitro benzene ring substituents is 1. The Morgan fingerprint density at radius 3 is 2.63 bits per heavy atom. The predicted octanol–water partition coefficient (Wildman–Crippen LogP) is 2.39. The molecule has 1 atom stereocenters. The van der Waals surface area contributed by atoms with E-state index in [1.54, 1.807) is 13.0 Å². The first-order chi connectivity index (χ1) is 8.69. The van der Waals surface area contributed by atoms with Crippen LogP contribution in [0.15, 0.2) is 18.2 Å². The van der Waals surface area contributed by atoms with Crippen molar-refractivity contribution in [3.8, 4) is 0 Å². The molecular formula is C13H21N3O3. The van der Waals surface area contributed by atoms with Crippen LogP contribution < -0.4 is 11.1 Å². The predicted molar refractivity (Wildman–Crippen MR) is 76.1 cm³/mol. The maximum absolute atomic E-state index is 10.7. The van der Waals surface area contributed by atoms with E-state index in [0.29, 0.717) is 30.3 Å². The SMILES string of the molecule is CC(C)CC(C)(O)CNc1cc(N)cc([N+](=O)[O-])c1. The number of hydrogen-bond acceptors (Lipinski definition) is 5. The van der Waals surface area contributed by atoms with E-state index in [-0.39, 0.29) is 5.69 Å². The molecule has 0 aliphatic rings. The Balaban J connectivity index is 2.75. The van der Waals surface area contributed by atoms with Gasteiger partial charge in [0, 0.05) is 30.1 Å². The van der Waals surface area contributed by atoms with E-state index in [0.717, 1.165) is 0 Å². The Morgan fingerprint density at radius 1 is 1.47 bits per heavy atom. The zero-order chi connectivity index (χ0) is 14.6. The zero-order valence-corrected chi connectivity index (χ0v) is 11.5. The first-order valence-corrected chi connectivity index (χ1v) is 6.21. The van der Waals surface area contributed by atoms with E-state index in [1.165, 1.54) is 12.1 Å². The quantitative estimate of drug-likeness (QED) is 0.417. The molecule has 0 bridgehead atoms. The number of nitrogens with zero attached hydrogens (tertiary/aromatic N) is 1. The molecule has 1 aromatic carbocycles. The van der Waals surface area contributed by atoms with Gasteiger partial charge in [0.25, 0.3) is 5.69 Å². The fraction of sp³-hybridized carbons (Fsp3) is 0.538. The largest absolute Gasteiger partial charge is 0.398 e. The van der Waals surface area contributed by atoms with E-state index < -0.39 is 10.5 Å². The molecule has 0 fully saturated rings. The van der Waals surface area contributed by atoms with Crippen molar-refractivity contribution in [2.75, 3.05) is 17.6 Å². The molecule has 1 unspecified atom stereocenters. The van der Waals surface area contributed by atoms with Crippen molar-refractivity contribution in [2.45, 2.75) is 32.8 Å². The molecule has 6 nitrogen and oxygen atoms in total. The van der Waals surface area contributed by atoms with E-state index in [1.807, 2.05) is 13.8 Å². The highest BCUT2D eigenvalue weighted by molar-refractivity contribution is 5.61. The minimum absolute atomic E-state index is 0.0639. The fourth-order valence-electron chi connectivity index (χ4n) is 2.09. The van der Waals surface area contributed by atoms with Crippen LogP contribution in [0.25, 0.3) is 0 Å². The molecule has 0 aliphatic heterocycles. The summed E-state index contributed by atoms with van der Waals surface area (Å²) < 4.78 is 0. The van der Waals surface area contributed by atoms with Gasteiger partial charge in [-0.15, -0.1) is 0 Å². The Hall–Kier alpha value is -1.82. The summed E-state index contributed by atoms with van der Waals surface area (Å²) in [6, 6.07) is 4.32. The van der Waals surface area contributed by atoms with Crippen molar-refractivity contribution in [2.24, 2.45) is 5.92 Å². The lowest BCUT2D eigenvalue weighted by Gasteiger charge is -2.26. The van der Waals surface area contributed by atoms with Gasteiger partial charge in [-0.2, -0.15) is 0 Å². The van der Waals surface area contributed by atoms with Gasteiger partial charge in [0.2, 0.25) is 0 Å². The van der Waals surface area contributed by atoms with Gasteiger partial charge in [-0.25, -0.2) is 0 Å². The number of hydrogen-bond donors (Lipinski definition) is 3. The maximum atomic E-state index is 10.7. The van der Waals surface area contributed by atoms with Crippen molar-refractivity contribution in [3.05, 3.63) is 28.3 Å². The topological polar surface area (TPSA) is 101 Å². The highest BCUT2D eigenvalue weighted by Crippen LogP contribution is 2.24. The summed E-state index contributed by atoms with van der Waals surface area (Å²) in [4.78, 5) is 10.2. The van der Waals surface area contributed by atoms with Gasteiger partial charge in [0.1, 0.15) is 0 Å². The standard InChI is InChI=1S/C13H21N3O3/c1-9(2)7-13(3,17)8-15-11-4-10(14)5-12(6-11)16(18)19/h4-6,9,15,17H,7-8,14H2,1-3H3. The lowest BCUT2D eigenvalue weighted by atomic mass is 9.94. The van der Waals surface area contributed by atoms with Gasteiger partial charge in [-0.3, -0.25) is 10.1 Å². The minimum Gasteiger partial charge on any atom is -0.398 e. The van der Waals surface area contributed by atoms with Gasteiger partial charge in [0.05, 0.1) is 10.5 Å². The highest BCUT2D eigenvalue weighted by atomic mass is 16.6. The molecule has 19 heavy (non-hydrogen) atoms. The first kappa shape index (κ1) is 15.2. The molecule has 0 saturated carbocycles. The number of nitro groups is 1. The minimum atomic E-state index is -0.868. The van der Waals surface area contributed by atoms with Crippen molar-refractivity contribution < 1.29 is 10.0 Å². The Bertz CT molecular complexity index is 458. The third kappa shape index (κ3) is 5.13.